The van der Waals surface area contributed by atoms with E-state index in [9.17, 15) is 9.59 Å². The normalized spacial score (nSPS) is 23.0. The van der Waals surface area contributed by atoms with Crippen LogP contribution in [0.15, 0.2) is 39.5 Å². The summed E-state index contributed by atoms with van der Waals surface area (Å²) in [5, 5.41) is 0.854. The maximum absolute atomic E-state index is 12.6. The molecule has 0 bridgehead atoms. The Kier molecular flexibility index (Phi) is 3.91. The predicted molar refractivity (Wildman–Crippen MR) is 96.5 cm³/mol. The summed E-state index contributed by atoms with van der Waals surface area (Å²) in [7, 11) is 0. The summed E-state index contributed by atoms with van der Waals surface area (Å²) < 4.78 is 5.33. The lowest BCUT2D eigenvalue weighted by atomic mass is 9.83. The monoisotopic (exact) mass is 340 g/mol. The van der Waals surface area contributed by atoms with Gasteiger partial charge in [0.2, 0.25) is 5.91 Å². The Morgan fingerprint density at radius 2 is 2.04 bits per heavy atom. The smallest absolute Gasteiger partial charge is 0.339 e. The van der Waals surface area contributed by atoms with Crippen molar-refractivity contribution in [1.29, 1.82) is 0 Å². The van der Waals surface area contributed by atoms with E-state index < -0.39 is 5.63 Å². The van der Waals surface area contributed by atoms with E-state index in [4.69, 9.17) is 4.42 Å². The lowest BCUT2D eigenvalue weighted by molar-refractivity contribution is -0.129. The number of amides is 1. The quantitative estimate of drug-likeness (QED) is 0.805. The first-order valence-electron chi connectivity index (χ1n) is 8.95. The van der Waals surface area contributed by atoms with Crippen molar-refractivity contribution in [3.63, 3.8) is 0 Å². The fourth-order valence-electron chi connectivity index (χ4n) is 4.08. The lowest BCUT2D eigenvalue weighted by Crippen LogP contribution is -2.57. The third-order valence-electron chi connectivity index (χ3n) is 5.35. The van der Waals surface area contributed by atoms with Crippen LogP contribution in [0, 0.1) is 5.41 Å². The van der Waals surface area contributed by atoms with Crippen molar-refractivity contribution in [1.82, 2.24) is 9.80 Å². The van der Waals surface area contributed by atoms with Crippen LogP contribution in [0.25, 0.3) is 11.0 Å². The molecule has 0 aliphatic carbocycles. The fourth-order valence-corrected chi connectivity index (χ4v) is 4.08. The minimum absolute atomic E-state index is 0.0184. The van der Waals surface area contributed by atoms with E-state index in [2.05, 4.69) is 18.7 Å². The number of fused-ring (bicyclic) bond motifs is 1. The molecule has 1 unspecified atom stereocenters. The molecule has 5 nitrogen and oxygen atoms in total. The molecule has 4 rings (SSSR count). The number of carbonyl (C=O) groups excluding carboxylic acids is 1. The zero-order valence-corrected chi connectivity index (χ0v) is 14.8. The van der Waals surface area contributed by atoms with Gasteiger partial charge in [0.15, 0.2) is 0 Å². The Morgan fingerprint density at radius 3 is 2.80 bits per heavy atom. The van der Waals surface area contributed by atoms with Gasteiger partial charge in [-0.2, -0.15) is 0 Å². The topological polar surface area (TPSA) is 53.8 Å². The second kappa shape index (κ2) is 5.99. The second-order valence-corrected chi connectivity index (χ2v) is 8.13. The highest BCUT2D eigenvalue weighted by atomic mass is 16.4. The van der Waals surface area contributed by atoms with E-state index in [0.29, 0.717) is 22.6 Å². The summed E-state index contributed by atoms with van der Waals surface area (Å²) in [5.41, 5.74) is 0.997. The first kappa shape index (κ1) is 16.3. The summed E-state index contributed by atoms with van der Waals surface area (Å²) in [5.74, 6) is 0.0184. The van der Waals surface area contributed by atoms with Crippen LogP contribution in [0.1, 0.15) is 25.8 Å². The molecule has 0 radical (unpaired) electrons. The molecule has 1 atom stereocenters. The van der Waals surface area contributed by atoms with Crippen molar-refractivity contribution in [2.45, 2.75) is 32.7 Å². The van der Waals surface area contributed by atoms with Gasteiger partial charge in [0.05, 0.1) is 6.42 Å². The molecule has 0 N–H and O–H groups in total. The number of hydrogen-bond acceptors (Lipinski definition) is 4. The van der Waals surface area contributed by atoms with Crippen LogP contribution in [0.4, 0.5) is 0 Å². The highest BCUT2D eigenvalue weighted by molar-refractivity contribution is 5.81. The van der Waals surface area contributed by atoms with E-state index in [1.165, 1.54) is 0 Å². The van der Waals surface area contributed by atoms with Gasteiger partial charge in [-0.15, -0.1) is 0 Å². The highest BCUT2D eigenvalue weighted by Gasteiger charge is 2.41. The molecular weight excluding hydrogens is 316 g/mol. The Labute approximate surface area is 147 Å². The SMILES string of the molecule is CC1(C)CN(C2CCN(C(=O)Cc3cc4ccccc4oc3=O)C2)C1. The fraction of sp³-hybridized carbons (Fsp3) is 0.500. The first-order valence-corrected chi connectivity index (χ1v) is 8.95. The van der Waals surface area contributed by atoms with Gasteiger partial charge in [-0.1, -0.05) is 32.0 Å². The van der Waals surface area contributed by atoms with Crippen molar-refractivity contribution in [3.05, 3.63) is 46.3 Å². The van der Waals surface area contributed by atoms with Crippen molar-refractivity contribution in [3.8, 4) is 0 Å². The molecule has 0 saturated carbocycles. The summed E-state index contributed by atoms with van der Waals surface area (Å²) in [4.78, 5) is 29.1. The average Bonchev–Trinajstić information content (AvgIpc) is 3.03. The number of hydrogen-bond donors (Lipinski definition) is 0. The van der Waals surface area contributed by atoms with Crippen LogP contribution < -0.4 is 5.63 Å². The second-order valence-electron chi connectivity index (χ2n) is 8.13. The van der Waals surface area contributed by atoms with Crippen LogP contribution in [0.5, 0.6) is 0 Å². The molecule has 0 spiro atoms. The highest BCUT2D eigenvalue weighted by Crippen LogP contribution is 2.33. The number of nitrogens with zero attached hydrogens (tertiary/aromatic N) is 2. The Balaban J connectivity index is 1.43. The number of carbonyl (C=O) groups is 1. The molecule has 2 saturated heterocycles. The molecule has 1 amide bonds. The van der Waals surface area contributed by atoms with Gasteiger partial charge in [-0.05, 0) is 24.0 Å². The van der Waals surface area contributed by atoms with Crippen LogP contribution in [-0.2, 0) is 11.2 Å². The number of benzene rings is 1. The first-order chi connectivity index (χ1) is 11.9. The van der Waals surface area contributed by atoms with E-state index in [1.54, 1.807) is 12.1 Å². The van der Waals surface area contributed by atoms with Crippen LogP contribution in [0.3, 0.4) is 0 Å². The van der Waals surface area contributed by atoms with Gasteiger partial charge in [-0.25, -0.2) is 4.79 Å². The number of likely N-dealkylation sites (tertiary alicyclic amines) is 2. The number of para-hydroxylation sites is 1. The Bertz CT molecular complexity index is 863. The van der Waals surface area contributed by atoms with Gasteiger partial charge in [0.25, 0.3) is 0 Å². The number of rotatable bonds is 3. The van der Waals surface area contributed by atoms with Crippen LogP contribution >= 0.6 is 0 Å². The molecule has 25 heavy (non-hydrogen) atoms. The van der Waals surface area contributed by atoms with Crippen molar-refractivity contribution in [2.24, 2.45) is 5.41 Å². The molecule has 1 aromatic carbocycles. The summed E-state index contributed by atoms with van der Waals surface area (Å²) in [6.45, 7) is 8.32. The molecule has 1 aromatic heterocycles. The minimum atomic E-state index is -0.410. The van der Waals surface area contributed by atoms with Gasteiger partial charge in [-0.3, -0.25) is 9.69 Å². The molecule has 132 valence electrons. The van der Waals surface area contributed by atoms with Crippen LogP contribution in [0.2, 0.25) is 0 Å². The van der Waals surface area contributed by atoms with Crippen LogP contribution in [-0.4, -0.2) is 47.9 Å². The lowest BCUT2D eigenvalue weighted by Gasteiger charge is -2.49. The standard InChI is InChI=1S/C20H24N2O3/c1-20(2)12-22(13-20)16-7-8-21(11-16)18(23)10-15-9-14-5-3-4-6-17(14)25-19(15)24/h3-6,9,16H,7-8,10-13H2,1-2H3. The predicted octanol–water partition coefficient (Wildman–Crippen LogP) is 2.28. The molecule has 2 aliphatic rings. The summed E-state index contributed by atoms with van der Waals surface area (Å²) >= 11 is 0. The van der Waals surface area contributed by atoms with E-state index in [0.717, 1.165) is 38.0 Å². The summed E-state index contributed by atoms with van der Waals surface area (Å²) in [6.07, 6.45) is 1.14. The largest absolute Gasteiger partial charge is 0.423 e. The van der Waals surface area contributed by atoms with Crippen molar-refractivity contribution in [2.75, 3.05) is 26.2 Å². The summed E-state index contributed by atoms with van der Waals surface area (Å²) in [6, 6.07) is 9.63. The van der Waals surface area contributed by atoms with Crippen molar-refractivity contribution >= 4 is 16.9 Å². The van der Waals surface area contributed by atoms with E-state index in [-0.39, 0.29) is 12.3 Å². The molecule has 5 heteroatoms. The minimum Gasteiger partial charge on any atom is -0.423 e. The maximum Gasteiger partial charge on any atom is 0.339 e. The van der Waals surface area contributed by atoms with Gasteiger partial charge >= 0.3 is 5.63 Å². The maximum atomic E-state index is 12.6. The average molecular weight is 340 g/mol. The molecule has 2 aliphatic heterocycles. The van der Waals surface area contributed by atoms with Gasteiger partial charge < -0.3 is 9.32 Å². The van der Waals surface area contributed by atoms with Gasteiger partial charge in [0, 0.05) is 43.2 Å². The molecule has 2 fully saturated rings. The Hall–Kier alpha value is -2.14. The molecule has 2 aromatic rings. The van der Waals surface area contributed by atoms with Gasteiger partial charge in [0.1, 0.15) is 5.58 Å². The van der Waals surface area contributed by atoms with E-state index >= 15 is 0 Å². The Morgan fingerprint density at radius 1 is 1.28 bits per heavy atom. The molecular formula is C20H24N2O3. The van der Waals surface area contributed by atoms with E-state index in [1.807, 2.05) is 23.1 Å². The third kappa shape index (κ3) is 3.21. The zero-order chi connectivity index (χ0) is 17.6. The zero-order valence-electron chi connectivity index (χ0n) is 14.8. The molecule has 3 heterocycles. The third-order valence-corrected chi connectivity index (χ3v) is 5.35. The van der Waals surface area contributed by atoms with Crippen molar-refractivity contribution < 1.29 is 9.21 Å².